The first-order valence-corrected chi connectivity index (χ1v) is 8.47. The van der Waals surface area contributed by atoms with Crippen molar-refractivity contribution in [1.29, 1.82) is 0 Å². The van der Waals surface area contributed by atoms with E-state index in [9.17, 15) is 13.2 Å². The van der Waals surface area contributed by atoms with Crippen LogP contribution in [-0.2, 0) is 16.4 Å². The Kier molecular flexibility index (Phi) is 3.50. The number of fused-ring (bicyclic) bond motifs is 1. The minimum absolute atomic E-state index is 0.0292. The van der Waals surface area contributed by atoms with Crippen LogP contribution in [0.15, 0.2) is 53.4 Å². The maximum Gasteiger partial charge on any atom is 0.258 e. The Morgan fingerprint density at radius 2 is 1.86 bits per heavy atom. The van der Waals surface area contributed by atoms with Gasteiger partial charge in [-0.15, -0.1) is 0 Å². The van der Waals surface area contributed by atoms with E-state index in [0.717, 1.165) is 11.3 Å². The predicted octanol–water partition coefficient (Wildman–Crippen LogP) is 1.93. The molecule has 0 saturated carbocycles. The van der Waals surface area contributed by atoms with Crippen molar-refractivity contribution in [1.82, 2.24) is 0 Å². The van der Waals surface area contributed by atoms with Crippen molar-refractivity contribution in [3.8, 4) is 0 Å². The normalized spacial score (nSPS) is 17.4. The molecule has 1 atom stereocenters. The van der Waals surface area contributed by atoms with Crippen LogP contribution in [0, 0.1) is 0 Å². The third-order valence-electron chi connectivity index (χ3n) is 3.83. The van der Waals surface area contributed by atoms with Gasteiger partial charge in [-0.05, 0) is 49.2 Å². The second-order valence-corrected chi connectivity index (χ2v) is 6.99. The lowest BCUT2D eigenvalue weighted by molar-refractivity contribution is 0.0981. The molecule has 5 nitrogen and oxygen atoms in total. The molecule has 0 bridgehead atoms. The third-order valence-corrected chi connectivity index (χ3v) is 4.75. The van der Waals surface area contributed by atoms with E-state index in [2.05, 4.69) is 0 Å². The zero-order valence-corrected chi connectivity index (χ0v) is 12.9. The molecule has 0 aromatic heterocycles. The minimum atomic E-state index is -3.74. The second-order valence-electron chi connectivity index (χ2n) is 5.43. The Balaban J connectivity index is 2.02. The van der Waals surface area contributed by atoms with Gasteiger partial charge < -0.3 is 4.90 Å². The Morgan fingerprint density at radius 1 is 1.18 bits per heavy atom. The largest absolute Gasteiger partial charge is 0.305 e. The first kappa shape index (κ1) is 14.7. The number of nitrogens with two attached hydrogens (primary N) is 1. The van der Waals surface area contributed by atoms with Crippen molar-refractivity contribution in [3.05, 3.63) is 59.7 Å². The van der Waals surface area contributed by atoms with E-state index in [0.29, 0.717) is 12.0 Å². The molecule has 0 saturated heterocycles. The van der Waals surface area contributed by atoms with Crippen LogP contribution in [-0.4, -0.2) is 20.4 Å². The molecule has 22 heavy (non-hydrogen) atoms. The number of anilines is 1. The number of primary sulfonamides is 1. The quantitative estimate of drug-likeness (QED) is 0.919. The van der Waals surface area contributed by atoms with E-state index in [1.807, 2.05) is 25.1 Å². The Bertz CT molecular complexity index is 832. The van der Waals surface area contributed by atoms with Crippen molar-refractivity contribution in [2.45, 2.75) is 24.3 Å². The molecule has 1 aliphatic heterocycles. The molecule has 1 aliphatic rings. The molecule has 2 aromatic carbocycles. The zero-order valence-electron chi connectivity index (χ0n) is 12.1. The number of carbonyl (C=O) groups excluding carboxylic acids is 1. The Hall–Kier alpha value is -2.18. The first-order chi connectivity index (χ1) is 10.4. The van der Waals surface area contributed by atoms with Gasteiger partial charge >= 0.3 is 0 Å². The summed E-state index contributed by atoms with van der Waals surface area (Å²) in [6.45, 7) is 1.94. The van der Waals surface area contributed by atoms with Gasteiger partial charge in [0.2, 0.25) is 10.0 Å². The van der Waals surface area contributed by atoms with Crippen LogP contribution in [0.5, 0.6) is 0 Å². The molecule has 0 aliphatic carbocycles. The highest BCUT2D eigenvalue weighted by Gasteiger charge is 2.32. The topological polar surface area (TPSA) is 80.5 Å². The molecule has 114 valence electrons. The molecular formula is C16H16N2O3S. The van der Waals surface area contributed by atoms with Crippen LogP contribution < -0.4 is 10.0 Å². The van der Waals surface area contributed by atoms with Gasteiger partial charge in [-0.2, -0.15) is 0 Å². The van der Waals surface area contributed by atoms with Crippen molar-refractivity contribution in [2.24, 2.45) is 5.14 Å². The van der Waals surface area contributed by atoms with Crippen LogP contribution in [0.4, 0.5) is 5.69 Å². The number of benzene rings is 2. The summed E-state index contributed by atoms with van der Waals surface area (Å²) in [5.74, 6) is -0.0878. The summed E-state index contributed by atoms with van der Waals surface area (Å²) in [6.07, 6.45) is 0.608. The molecule has 2 aromatic rings. The molecule has 0 unspecified atom stereocenters. The van der Waals surface area contributed by atoms with Gasteiger partial charge in [0.15, 0.2) is 0 Å². The monoisotopic (exact) mass is 316 g/mol. The number of hydrogen-bond acceptors (Lipinski definition) is 3. The summed E-state index contributed by atoms with van der Waals surface area (Å²) in [6, 6.07) is 13.7. The second kappa shape index (κ2) is 5.23. The maximum absolute atomic E-state index is 12.7. The van der Waals surface area contributed by atoms with Gasteiger partial charge in [0.25, 0.3) is 5.91 Å². The standard InChI is InChI=1S/C16H16N2O3S/c1-11-9-13-10-14(22(17,20)21)7-8-15(13)18(11)16(19)12-5-3-2-4-6-12/h2-8,10-11H,9H2,1H3,(H2,17,20,21)/t11-/m1/s1. The summed E-state index contributed by atoms with van der Waals surface area (Å²) < 4.78 is 22.9. The van der Waals surface area contributed by atoms with Gasteiger partial charge in [0.05, 0.1) is 4.90 Å². The van der Waals surface area contributed by atoms with E-state index < -0.39 is 10.0 Å². The first-order valence-electron chi connectivity index (χ1n) is 6.92. The average molecular weight is 316 g/mol. The molecule has 2 N–H and O–H groups in total. The highest BCUT2D eigenvalue weighted by atomic mass is 32.2. The fourth-order valence-corrected chi connectivity index (χ4v) is 3.38. The van der Waals surface area contributed by atoms with Gasteiger partial charge in [-0.25, -0.2) is 13.6 Å². The third kappa shape index (κ3) is 2.51. The lowest BCUT2D eigenvalue weighted by Gasteiger charge is -2.22. The molecule has 1 heterocycles. The highest BCUT2D eigenvalue weighted by Crippen LogP contribution is 2.34. The van der Waals surface area contributed by atoms with E-state index in [-0.39, 0.29) is 16.8 Å². The molecule has 0 spiro atoms. The number of amides is 1. The molecule has 6 heteroatoms. The van der Waals surface area contributed by atoms with E-state index in [1.165, 1.54) is 6.07 Å². The van der Waals surface area contributed by atoms with E-state index in [4.69, 9.17) is 5.14 Å². The minimum Gasteiger partial charge on any atom is -0.305 e. The van der Waals surface area contributed by atoms with Gasteiger partial charge in [0.1, 0.15) is 0 Å². The van der Waals surface area contributed by atoms with Gasteiger partial charge in [-0.1, -0.05) is 18.2 Å². The van der Waals surface area contributed by atoms with Crippen molar-refractivity contribution < 1.29 is 13.2 Å². The summed E-state index contributed by atoms with van der Waals surface area (Å²) in [7, 11) is -3.74. The highest BCUT2D eigenvalue weighted by molar-refractivity contribution is 7.89. The van der Waals surface area contributed by atoms with Gasteiger partial charge in [0, 0.05) is 17.3 Å². The molecule has 1 amide bonds. The lowest BCUT2D eigenvalue weighted by atomic mass is 10.1. The molecule has 3 rings (SSSR count). The Morgan fingerprint density at radius 3 is 2.50 bits per heavy atom. The van der Waals surface area contributed by atoms with Gasteiger partial charge in [-0.3, -0.25) is 4.79 Å². The summed E-state index contributed by atoms with van der Waals surface area (Å²) >= 11 is 0. The molecule has 0 fully saturated rings. The van der Waals surface area contributed by atoms with Crippen LogP contribution in [0.25, 0.3) is 0 Å². The van der Waals surface area contributed by atoms with Crippen LogP contribution in [0.3, 0.4) is 0 Å². The Labute approximate surface area is 129 Å². The molecular weight excluding hydrogens is 300 g/mol. The number of rotatable bonds is 2. The van der Waals surface area contributed by atoms with Crippen molar-refractivity contribution in [3.63, 3.8) is 0 Å². The SMILES string of the molecule is C[C@@H]1Cc2cc(S(N)(=O)=O)ccc2N1C(=O)c1ccccc1. The zero-order chi connectivity index (χ0) is 15.9. The van der Waals surface area contributed by atoms with Crippen LogP contribution in [0.1, 0.15) is 22.8 Å². The average Bonchev–Trinajstić information content (AvgIpc) is 2.81. The van der Waals surface area contributed by atoms with E-state index >= 15 is 0 Å². The van der Waals surface area contributed by atoms with Crippen LogP contribution >= 0.6 is 0 Å². The molecule has 0 radical (unpaired) electrons. The number of nitrogens with zero attached hydrogens (tertiary/aromatic N) is 1. The number of carbonyl (C=O) groups is 1. The number of hydrogen-bond donors (Lipinski definition) is 1. The summed E-state index contributed by atoms with van der Waals surface area (Å²) in [5, 5.41) is 5.16. The fourth-order valence-electron chi connectivity index (χ4n) is 2.81. The van der Waals surface area contributed by atoms with Crippen molar-refractivity contribution >= 4 is 21.6 Å². The van der Waals surface area contributed by atoms with Crippen LogP contribution in [0.2, 0.25) is 0 Å². The number of sulfonamides is 1. The van der Waals surface area contributed by atoms with E-state index in [1.54, 1.807) is 29.2 Å². The smallest absolute Gasteiger partial charge is 0.258 e. The van der Waals surface area contributed by atoms with Crippen molar-refractivity contribution in [2.75, 3.05) is 4.90 Å². The lowest BCUT2D eigenvalue weighted by Crippen LogP contribution is -2.35. The maximum atomic E-state index is 12.7. The summed E-state index contributed by atoms with van der Waals surface area (Å²) in [4.78, 5) is 14.5. The fraction of sp³-hybridized carbons (Fsp3) is 0.188. The summed E-state index contributed by atoms with van der Waals surface area (Å²) in [5.41, 5.74) is 2.18. The predicted molar refractivity (Wildman–Crippen MR) is 84.2 cm³/mol.